The lowest BCUT2D eigenvalue weighted by Gasteiger charge is -2.36. The van der Waals surface area contributed by atoms with Crippen molar-refractivity contribution in [3.8, 4) is 0 Å². The van der Waals surface area contributed by atoms with Gasteiger partial charge in [-0.15, -0.1) is 0 Å². The molecule has 0 saturated carbocycles. The predicted molar refractivity (Wildman–Crippen MR) is 152 cm³/mol. The van der Waals surface area contributed by atoms with Crippen LogP contribution in [0.4, 0.5) is 20.6 Å². The van der Waals surface area contributed by atoms with E-state index in [1.807, 2.05) is 24.0 Å². The first-order valence-corrected chi connectivity index (χ1v) is 13.6. The van der Waals surface area contributed by atoms with E-state index in [9.17, 15) is 14.4 Å². The molecule has 2 aromatic rings. The number of ketones is 1. The summed E-state index contributed by atoms with van der Waals surface area (Å²) in [5.74, 6) is -0.615. The van der Waals surface area contributed by atoms with Gasteiger partial charge in [0, 0.05) is 51.1 Å². The summed E-state index contributed by atoms with van der Waals surface area (Å²) in [5, 5.41) is 3.06. The zero-order chi connectivity index (χ0) is 27.9. The number of halogens is 1. The normalized spacial score (nSPS) is 17.3. The fraction of sp³-hybridized carbons (Fsp3) is 0.429. The molecule has 208 valence electrons. The molecule has 0 spiro atoms. The number of nitrogens with zero attached hydrogens (tertiary/aromatic N) is 3. The van der Waals surface area contributed by atoms with Crippen LogP contribution in [0.1, 0.15) is 42.1 Å². The number of carbonyl (C=O) groups excluding carboxylic acids is 3. The zero-order valence-corrected chi connectivity index (χ0v) is 22.8. The predicted octanol–water partition coefficient (Wildman–Crippen LogP) is 3.25. The highest BCUT2D eigenvalue weighted by molar-refractivity contribution is 7.80. The highest BCUT2D eigenvalue weighted by atomic mass is 32.1. The molecule has 39 heavy (non-hydrogen) atoms. The van der Waals surface area contributed by atoms with E-state index < -0.39 is 11.9 Å². The number of anilines is 2. The second-order valence-corrected chi connectivity index (χ2v) is 10.1. The number of benzene rings is 2. The number of carbonyl (C=O) groups is 3. The molecule has 0 unspecified atom stereocenters. The molecule has 0 bridgehead atoms. The molecule has 2 heterocycles. The van der Waals surface area contributed by atoms with Gasteiger partial charge in [0.05, 0.1) is 29.5 Å². The molecule has 2 aliphatic heterocycles. The smallest absolute Gasteiger partial charge is 0.414 e. The maximum Gasteiger partial charge on any atom is 0.414 e. The van der Waals surface area contributed by atoms with Crippen molar-refractivity contribution < 1.29 is 23.5 Å². The molecular formula is C28H34FN5O4S. The van der Waals surface area contributed by atoms with Crippen molar-refractivity contribution in [3.05, 3.63) is 59.4 Å². The summed E-state index contributed by atoms with van der Waals surface area (Å²) in [6, 6.07) is 11.8. The van der Waals surface area contributed by atoms with Gasteiger partial charge < -0.3 is 25.6 Å². The fourth-order valence-corrected chi connectivity index (χ4v) is 4.74. The van der Waals surface area contributed by atoms with Crippen LogP contribution in [0.5, 0.6) is 0 Å². The Morgan fingerprint density at radius 3 is 2.46 bits per heavy atom. The second-order valence-electron chi connectivity index (χ2n) is 9.60. The maximum absolute atomic E-state index is 15.1. The van der Waals surface area contributed by atoms with Crippen LogP contribution in [0.3, 0.4) is 0 Å². The first-order valence-electron chi connectivity index (χ1n) is 13.2. The number of Topliss-reactive ketones (excluding diaryl/α,β-unsaturated/α-hetero) is 1. The lowest BCUT2D eigenvalue weighted by atomic mass is 10.0. The Kier molecular flexibility index (Phi) is 9.47. The number of piperazine rings is 1. The maximum atomic E-state index is 15.1. The number of amides is 2. The monoisotopic (exact) mass is 555 g/mol. The average molecular weight is 556 g/mol. The minimum atomic E-state index is -0.519. The molecule has 9 nitrogen and oxygen atoms in total. The second kappa shape index (κ2) is 13.0. The van der Waals surface area contributed by atoms with Gasteiger partial charge in [0.1, 0.15) is 11.9 Å². The molecule has 3 N–H and O–H groups in total. The lowest BCUT2D eigenvalue weighted by Crippen LogP contribution is -2.49. The van der Waals surface area contributed by atoms with Gasteiger partial charge in [-0.05, 0) is 30.2 Å². The summed E-state index contributed by atoms with van der Waals surface area (Å²) in [7, 11) is 0. The number of nitrogens with two attached hydrogens (primary N) is 1. The van der Waals surface area contributed by atoms with Gasteiger partial charge in [0.2, 0.25) is 5.91 Å². The number of hydrogen-bond acceptors (Lipinski definition) is 7. The highest BCUT2D eigenvalue weighted by Gasteiger charge is 2.33. The Balaban J connectivity index is 1.26. The van der Waals surface area contributed by atoms with Crippen LogP contribution in [-0.4, -0.2) is 73.0 Å². The van der Waals surface area contributed by atoms with Crippen LogP contribution >= 0.6 is 12.2 Å². The van der Waals surface area contributed by atoms with Gasteiger partial charge in [0.15, 0.2) is 5.78 Å². The molecule has 0 aromatic heterocycles. The third-order valence-electron chi connectivity index (χ3n) is 7.02. The van der Waals surface area contributed by atoms with Crippen molar-refractivity contribution >= 4 is 46.4 Å². The van der Waals surface area contributed by atoms with Crippen molar-refractivity contribution in [2.24, 2.45) is 5.73 Å². The van der Waals surface area contributed by atoms with Crippen molar-refractivity contribution in [2.45, 2.75) is 38.8 Å². The van der Waals surface area contributed by atoms with Gasteiger partial charge in [-0.3, -0.25) is 14.5 Å². The first-order chi connectivity index (χ1) is 18.8. The van der Waals surface area contributed by atoms with Crippen LogP contribution in [-0.2, 0) is 16.1 Å². The zero-order valence-electron chi connectivity index (χ0n) is 22.0. The molecular weight excluding hydrogens is 521 g/mol. The van der Waals surface area contributed by atoms with Gasteiger partial charge in [-0.1, -0.05) is 43.4 Å². The molecule has 2 amide bonds. The number of hydrogen-bond donors (Lipinski definition) is 2. The molecule has 1 atom stereocenters. The Morgan fingerprint density at radius 1 is 1.10 bits per heavy atom. The van der Waals surface area contributed by atoms with Crippen LogP contribution in [0.2, 0.25) is 0 Å². The summed E-state index contributed by atoms with van der Waals surface area (Å²) < 4.78 is 20.5. The molecule has 11 heteroatoms. The van der Waals surface area contributed by atoms with Crippen LogP contribution in [0.25, 0.3) is 0 Å². The SMILES string of the molecule is CCC(=S)NC[C@H]1CN(c2ccc(N3CCN(C(=O)CCC(=O)c4ccc(CN)cc4)CC3)c(F)c2)C(=O)O1. The molecule has 2 fully saturated rings. The first kappa shape index (κ1) is 28.4. The van der Waals surface area contributed by atoms with Crippen LogP contribution in [0, 0.1) is 5.82 Å². The Morgan fingerprint density at radius 2 is 1.82 bits per heavy atom. The minimum Gasteiger partial charge on any atom is -0.442 e. The van der Waals surface area contributed by atoms with E-state index in [2.05, 4.69) is 5.32 Å². The number of nitrogens with one attached hydrogen (secondary N) is 1. The Hall–Kier alpha value is -3.57. The van der Waals surface area contributed by atoms with E-state index in [4.69, 9.17) is 22.7 Å². The van der Waals surface area contributed by atoms with Gasteiger partial charge in [0.25, 0.3) is 0 Å². The van der Waals surface area contributed by atoms with E-state index in [0.29, 0.717) is 74.2 Å². The van der Waals surface area contributed by atoms with E-state index in [-0.39, 0.29) is 30.6 Å². The quantitative estimate of drug-likeness (QED) is 0.340. The largest absolute Gasteiger partial charge is 0.442 e. The molecule has 0 aliphatic carbocycles. The standard InChI is InChI=1S/C28H34FN5O4S/c1-2-26(39)31-17-22-18-34(28(37)38-22)21-7-8-24(23(29)15-21)32-11-13-33(14-12-32)27(36)10-9-25(35)20-5-3-19(16-30)4-6-20/h3-8,15,22H,2,9-14,16-18,30H2,1H3,(H,31,39)/t22-/m0/s1. The topological polar surface area (TPSA) is 108 Å². The number of ether oxygens (including phenoxy) is 1. The van der Waals surface area contributed by atoms with Crippen LogP contribution in [0.15, 0.2) is 42.5 Å². The van der Waals surface area contributed by atoms with Crippen molar-refractivity contribution in [2.75, 3.05) is 49.1 Å². The third-order valence-corrected chi connectivity index (χ3v) is 7.45. The van der Waals surface area contributed by atoms with Crippen molar-refractivity contribution in [1.82, 2.24) is 10.2 Å². The lowest BCUT2D eigenvalue weighted by molar-refractivity contribution is -0.131. The van der Waals surface area contributed by atoms with Gasteiger partial charge in [-0.25, -0.2) is 9.18 Å². The van der Waals surface area contributed by atoms with Crippen molar-refractivity contribution in [3.63, 3.8) is 0 Å². The summed E-state index contributed by atoms with van der Waals surface area (Å²) in [5.41, 5.74) is 7.95. The van der Waals surface area contributed by atoms with Gasteiger partial charge in [-0.2, -0.15) is 0 Å². The summed E-state index contributed by atoms with van der Waals surface area (Å²) in [4.78, 5) is 43.2. The third kappa shape index (κ3) is 7.10. The molecule has 2 aromatic carbocycles. The minimum absolute atomic E-state index is 0.0818. The Bertz CT molecular complexity index is 1220. The summed E-state index contributed by atoms with van der Waals surface area (Å²) >= 11 is 5.15. The van der Waals surface area contributed by atoms with Gasteiger partial charge >= 0.3 is 6.09 Å². The highest BCUT2D eigenvalue weighted by Crippen LogP contribution is 2.28. The van der Waals surface area contributed by atoms with Crippen LogP contribution < -0.4 is 20.9 Å². The molecule has 0 radical (unpaired) electrons. The van der Waals surface area contributed by atoms with E-state index in [1.165, 1.54) is 11.0 Å². The number of thiocarbonyl (C=S) groups is 1. The van der Waals surface area contributed by atoms with Crippen molar-refractivity contribution in [1.29, 1.82) is 0 Å². The molecule has 4 rings (SSSR count). The van der Waals surface area contributed by atoms with E-state index in [1.54, 1.807) is 29.2 Å². The number of rotatable bonds is 10. The summed E-state index contributed by atoms with van der Waals surface area (Å²) in [6.45, 7) is 4.87. The molecule has 2 saturated heterocycles. The average Bonchev–Trinajstić information content (AvgIpc) is 3.34. The van der Waals surface area contributed by atoms with E-state index in [0.717, 1.165) is 5.56 Å². The fourth-order valence-electron chi connectivity index (χ4n) is 4.66. The van der Waals surface area contributed by atoms with E-state index >= 15 is 4.39 Å². The number of cyclic esters (lactones) is 1. The Labute approximate surface area is 233 Å². The summed E-state index contributed by atoms with van der Waals surface area (Å²) in [6.07, 6.45) is 0.0852. The molecule has 2 aliphatic rings.